The zero-order chi connectivity index (χ0) is 28.8. The number of halogens is 2. The fourth-order valence-electron chi connectivity index (χ4n) is 4.67. The van der Waals surface area contributed by atoms with Gasteiger partial charge >= 0.3 is 6.09 Å². The number of carbonyl (C=O) groups is 1. The summed E-state index contributed by atoms with van der Waals surface area (Å²) < 4.78 is 6.70. The van der Waals surface area contributed by atoms with Crippen molar-refractivity contribution >= 4 is 51.8 Å². The van der Waals surface area contributed by atoms with Gasteiger partial charge in [-0.15, -0.1) is 0 Å². The number of carbonyl (C=O) groups excluding carboxylic acids is 1. The normalized spacial score (nSPS) is 14.4. The number of amides is 1. The maximum atomic E-state index is 13.3. The van der Waals surface area contributed by atoms with Crippen LogP contribution in [0.3, 0.4) is 0 Å². The molecule has 0 unspecified atom stereocenters. The Kier molecular flexibility index (Phi) is 6.94. The minimum Gasteiger partial charge on any atom is -0.444 e. The van der Waals surface area contributed by atoms with E-state index in [1.165, 1.54) is 17.0 Å². The largest absolute Gasteiger partial charge is 0.444 e. The summed E-state index contributed by atoms with van der Waals surface area (Å²) >= 11 is 12.6. The van der Waals surface area contributed by atoms with Crippen LogP contribution >= 0.6 is 23.2 Å². The van der Waals surface area contributed by atoms with E-state index in [4.69, 9.17) is 27.9 Å². The third kappa shape index (κ3) is 5.20. The Labute approximate surface area is 240 Å². The van der Waals surface area contributed by atoms with Crippen molar-refractivity contribution < 1.29 is 9.53 Å². The molecule has 4 aromatic rings. The third-order valence-electron chi connectivity index (χ3n) is 6.62. The summed E-state index contributed by atoms with van der Waals surface area (Å²) in [5.41, 5.74) is 1.31. The van der Waals surface area contributed by atoms with Gasteiger partial charge in [0.05, 0.1) is 26.7 Å². The second kappa shape index (κ2) is 10.1. The van der Waals surface area contributed by atoms with Gasteiger partial charge in [-0.05, 0) is 50.6 Å². The number of rotatable bonds is 4. The van der Waals surface area contributed by atoms with E-state index >= 15 is 0 Å². The van der Waals surface area contributed by atoms with E-state index in [-0.39, 0.29) is 49.7 Å². The van der Waals surface area contributed by atoms with Crippen LogP contribution in [0.5, 0.6) is 0 Å². The van der Waals surface area contributed by atoms with Crippen molar-refractivity contribution in [2.75, 3.05) is 18.4 Å². The van der Waals surface area contributed by atoms with Gasteiger partial charge in [-0.3, -0.25) is 9.36 Å². The van der Waals surface area contributed by atoms with E-state index in [9.17, 15) is 14.9 Å². The van der Waals surface area contributed by atoms with Crippen molar-refractivity contribution in [2.45, 2.75) is 38.7 Å². The van der Waals surface area contributed by atoms with Crippen LogP contribution in [0.2, 0.25) is 10.0 Å². The molecule has 2 aromatic carbocycles. The molecule has 5 rings (SSSR count). The first-order valence-corrected chi connectivity index (χ1v) is 13.3. The standard InChI is InChI=1S/C29H26Cl2N6O3/c1-28(2,3)40-27(39)36-15-29(4,16-36)18-8-10-19(11-9-18)34-26-33-13-20-23(35-26)17(12-32)14-37(25(20)38)24-21(30)6-5-7-22(24)31/h5-11,13-14H,15-16H2,1-4H3,(H,33,34,35). The van der Waals surface area contributed by atoms with Gasteiger partial charge in [0, 0.05) is 36.6 Å². The SMILES string of the molecule is CC(C)(C)OC(=O)N1CC(C)(c2ccc(Nc3ncc4c(=O)n(-c5c(Cl)cccc5Cl)cc(C#N)c4n3)cc2)C1. The van der Waals surface area contributed by atoms with Crippen molar-refractivity contribution in [3.63, 3.8) is 0 Å². The van der Waals surface area contributed by atoms with Crippen molar-refractivity contribution in [1.29, 1.82) is 5.26 Å². The predicted molar refractivity (Wildman–Crippen MR) is 155 cm³/mol. The Balaban J connectivity index is 1.37. The van der Waals surface area contributed by atoms with E-state index in [0.29, 0.717) is 13.1 Å². The summed E-state index contributed by atoms with van der Waals surface area (Å²) in [6.45, 7) is 8.79. The average Bonchev–Trinajstić information content (AvgIpc) is 2.87. The number of anilines is 2. The molecule has 3 heterocycles. The minimum absolute atomic E-state index is 0.156. The number of pyridine rings is 1. The molecule has 0 saturated carbocycles. The van der Waals surface area contributed by atoms with Crippen molar-refractivity contribution in [1.82, 2.24) is 19.4 Å². The predicted octanol–water partition coefficient (Wildman–Crippen LogP) is 6.21. The van der Waals surface area contributed by atoms with Crippen LogP contribution < -0.4 is 10.9 Å². The number of nitriles is 1. The van der Waals surface area contributed by atoms with E-state index < -0.39 is 11.2 Å². The highest BCUT2D eigenvalue weighted by atomic mass is 35.5. The molecular weight excluding hydrogens is 551 g/mol. The molecule has 11 heteroatoms. The molecule has 1 amide bonds. The number of para-hydroxylation sites is 1. The van der Waals surface area contributed by atoms with Gasteiger partial charge in [-0.1, -0.05) is 48.3 Å². The molecule has 2 aromatic heterocycles. The summed E-state index contributed by atoms with van der Waals surface area (Å²) in [7, 11) is 0. The fraction of sp³-hybridized carbons (Fsp3) is 0.276. The minimum atomic E-state index is -0.533. The van der Waals surface area contributed by atoms with Gasteiger partial charge in [0.2, 0.25) is 5.95 Å². The second-order valence-electron chi connectivity index (χ2n) is 11.0. The molecule has 1 saturated heterocycles. The monoisotopic (exact) mass is 576 g/mol. The third-order valence-corrected chi connectivity index (χ3v) is 7.23. The number of benzene rings is 2. The first kappa shape index (κ1) is 27.4. The maximum Gasteiger partial charge on any atom is 0.410 e. The number of hydrogen-bond donors (Lipinski definition) is 1. The Morgan fingerprint density at radius 3 is 2.38 bits per heavy atom. The molecule has 0 bridgehead atoms. The molecule has 0 spiro atoms. The molecule has 204 valence electrons. The summed E-state index contributed by atoms with van der Waals surface area (Å²) in [5, 5.41) is 13.6. The lowest BCUT2D eigenvalue weighted by Gasteiger charge is -2.48. The second-order valence-corrected chi connectivity index (χ2v) is 11.8. The summed E-state index contributed by atoms with van der Waals surface area (Å²) in [6.07, 6.45) is 2.45. The highest BCUT2D eigenvalue weighted by molar-refractivity contribution is 6.37. The summed E-state index contributed by atoms with van der Waals surface area (Å²) in [5.74, 6) is 0.232. The molecule has 0 aliphatic carbocycles. The van der Waals surface area contributed by atoms with Gasteiger partial charge in [-0.2, -0.15) is 5.26 Å². The molecule has 1 aliphatic rings. The van der Waals surface area contributed by atoms with E-state index in [0.717, 1.165) is 11.3 Å². The first-order valence-electron chi connectivity index (χ1n) is 12.5. The maximum absolute atomic E-state index is 13.3. The van der Waals surface area contributed by atoms with Crippen LogP contribution in [0.4, 0.5) is 16.4 Å². The molecule has 1 fully saturated rings. The number of hydrogen-bond acceptors (Lipinski definition) is 7. The number of nitrogens with one attached hydrogen (secondary N) is 1. The van der Waals surface area contributed by atoms with Gasteiger partial charge in [0.1, 0.15) is 17.2 Å². The van der Waals surface area contributed by atoms with Crippen LogP contribution in [-0.2, 0) is 10.2 Å². The van der Waals surface area contributed by atoms with Gasteiger partial charge in [0.25, 0.3) is 5.56 Å². The highest BCUT2D eigenvalue weighted by Gasteiger charge is 2.44. The quantitative estimate of drug-likeness (QED) is 0.307. The Hall–Kier alpha value is -4.13. The van der Waals surface area contributed by atoms with Crippen molar-refractivity contribution in [2.24, 2.45) is 0 Å². The van der Waals surface area contributed by atoms with Gasteiger partial charge < -0.3 is 15.0 Å². The van der Waals surface area contributed by atoms with Crippen molar-refractivity contribution in [3.8, 4) is 11.8 Å². The van der Waals surface area contributed by atoms with Crippen molar-refractivity contribution in [3.05, 3.63) is 86.4 Å². The van der Waals surface area contributed by atoms with Crippen LogP contribution in [-0.4, -0.2) is 44.2 Å². The van der Waals surface area contributed by atoms with E-state index in [2.05, 4.69) is 28.3 Å². The number of aromatic nitrogens is 3. The number of likely N-dealkylation sites (tertiary alicyclic amines) is 1. The molecule has 0 radical (unpaired) electrons. The molecule has 0 atom stereocenters. The van der Waals surface area contributed by atoms with E-state index in [1.807, 2.05) is 45.0 Å². The summed E-state index contributed by atoms with van der Waals surface area (Å²) in [4.78, 5) is 36.1. The highest BCUT2D eigenvalue weighted by Crippen LogP contribution is 2.36. The topological polar surface area (TPSA) is 113 Å². The molecule has 40 heavy (non-hydrogen) atoms. The van der Waals surface area contributed by atoms with Gasteiger partial charge in [0.15, 0.2) is 0 Å². The fourth-order valence-corrected chi connectivity index (χ4v) is 5.25. The number of fused-ring (bicyclic) bond motifs is 1. The number of ether oxygens (including phenoxy) is 1. The average molecular weight is 577 g/mol. The van der Waals surface area contributed by atoms with Crippen LogP contribution in [0.1, 0.15) is 38.8 Å². The zero-order valence-corrected chi connectivity index (χ0v) is 23.8. The Morgan fingerprint density at radius 2 is 1.77 bits per heavy atom. The Bertz CT molecular complexity index is 1710. The number of nitrogens with zero attached hydrogens (tertiary/aromatic N) is 5. The molecular formula is C29H26Cl2N6O3. The van der Waals surface area contributed by atoms with Crippen LogP contribution in [0.25, 0.3) is 16.6 Å². The lowest BCUT2D eigenvalue weighted by atomic mass is 9.76. The molecule has 9 nitrogen and oxygen atoms in total. The molecule has 1 N–H and O–H groups in total. The lowest BCUT2D eigenvalue weighted by Crippen LogP contribution is -2.60. The molecule has 1 aliphatic heterocycles. The lowest BCUT2D eigenvalue weighted by molar-refractivity contribution is -0.00650. The zero-order valence-electron chi connectivity index (χ0n) is 22.3. The smallest absolute Gasteiger partial charge is 0.410 e. The van der Waals surface area contributed by atoms with Crippen LogP contribution in [0.15, 0.2) is 59.7 Å². The summed E-state index contributed by atoms with van der Waals surface area (Å²) in [6, 6.07) is 14.8. The Morgan fingerprint density at radius 1 is 1.12 bits per heavy atom. The van der Waals surface area contributed by atoms with Crippen LogP contribution in [0, 0.1) is 11.3 Å². The van der Waals surface area contributed by atoms with Gasteiger partial charge in [-0.25, -0.2) is 14.8 Å². The van der Waals surface area contributed by atoms with E-state index in [1.54, 1.807) is 23.1 Å². The first-order chi connectivity index (χ1) is 18.9.